The summed E-state index contributed by atoms with van der Waals surface area (Å²) in [4.78, 5) is 26.0. The van der Waals surface area contributed by atoms with E-state index in [0.717, 1.165) is 24.2 Å². The number of imidazole rings is 1. The van der Waals surface area contributed by atoms with Gasteiger partial charge in [0, 0.05) is 23.1 Å². The fourth-order valence-electron chi connectivity index (χ4n) is 3.83. The van der Waals surface area contributed by atoms with Crippen LogP contribution in [0, 0.1) is 0 Å². The molecule has 172 valence electrons. The zero-order valence-electron chi connectivity index (χ0n) is 18.5. The number of halogens is 2. The summed E-state index contributed by atoms with van der Waals surface area (Å²) in [6, 6.07) is 6.63. The Morgan fingerprint density at radius 1 is 1.18 bits per heavy atom. The maximum atomic E-state index is 12.1. The van der Waals surface area contributed by atoms with Crippen LogP contribution in [0.3, 0.4) is 0 Å². The smallest absolute Gasteiger partial charge is 0.360 e. The number of fused-ring (bicyclic) bond motifs is 1. The maximum Gasteiger partial charge on any atom is 0.360 e. The molecule has 0 amide bonds. The topological polar surface area (TPSA) is 95.9 Å². The van der Waals surface area contributed by atoms with Gasteiger partial charge in [0.2, 0.25) is 0 Å². The molecule has 0 spiro atoms. The van der Waals surface area contributed by atoms with Crippen LogP contribution in [0.4, 0.5) is 0 Å². The third kappa shape index (κ3) is 4.45. The van der Waals surface area contributed by atoms with Crippen molar-refractivity contribution in [1.29, 1.82) is 0 Å². The zero-order valence-corrected chi connectivity index (χ0v) is 20.0. The lowest BCUT2D eigenvalue weighted by molar-refractivity contribution is 0.0514. The van der Waals surface area contributed by atoms with Crippen molar-refractivity contribution >= 4 is 40.3 Å². The molecule has 33 heavy (non-hydrogen) atoms. The van der Waals surface area contributed by atoms with E-state index in [9.17, 15) is 4.79 Å². The Morgan fingerprint density at radius 3 is 2.70 bits per heavy atom. The predicted molar refractivity (Wildman–Crippen MR) is 126 cm³/mol. The van der Waals surface area contributed by atoms with E-state index in [1.165, 1.54) is 6.33 Å². The molecule has 8 nitrogen and oxygen atoms in total. The Kier molecular flexibility index (Phi) is 6.95. The van der Waals surface area contributed by atoms with Gasteiger partial charge in [-0.05, 0) is 31.5 Å². The molecule has 0 radical (unpaired) electrons. The molecule has 4 rings (SSSR count). The van der Waals surface area contributed by atoms with Crippen molar-refractivity contribution in [2.45, 2.75) is 46.1 Å². The molecule has 0 saturated carbocycles. The Bertz CT molecular complexity index is 1300. The van der Waals surface area contributed by atoms with Crippen LogP contribution in [0.2, 0.25) is 10.0 Å². The predicted octanol–water partition coefficient (Wildman–Crippen LogP) is 5.92. The van der Waals surface area contributed by atoms with Gasteiger partial charge < -0.3 is 13.8 Å². The van der Waals surface area contributed by atoms with Gasteiger partial charge in [-0.2, -0.15) is 0 Å². The van der Waals surface area contributed by atoms with Crippen LogP contribution in [0.25, 0.3) is 22.4 Å². The fourth-order valence-corrected chi connectivity index (χ4v) is 4.33. The average Bonchev–Trinajstić information content (AvgIpc) is 3.43. The zero-order chi connectivity index (χ0) is 23.5. The van der Waals surface area contributed by atoms with Crippen molar-refractivity contribution < 1.29 is 14.1 Å². The summed E-state index contributed by atoms with van der Waals surface area (Å²) in [6.45, 7) is 6.11. The van der Waals surface area contributed by atoms with Gasteiger partial charge in [0.25, 0.3) is 0 Å². The number of aromatic nitrogens is 5. The minimum absolute atomic E-state index is 0.138. The van der Waals surface area contributed by atoms with Crippen LogP contribution < -0.4 is 0 Å². The van der Waals surface area contributed by atoms with E-state index in [1.54, 1.807) is 25.1 Å². The Hall–Kier alpha value is -2.97. The number of rotatable bonds is 8. The molecule has 3 aromatic heterocycles. The second-order valence-corrected chi connectivity index (χ2v) is 8.25. The summed E-state index contributed by atoms with van der Waals surface area (Å²) in [7, 11) is 0. The van der Waals surface area contributed by atoms with E-state index in [4.69, 9.17) is 37.4 Å². The molecule has 1 unspecified atom stereocenters. The molecule has 0 aliphatic rings. The molecule has 3 heterocycles. The van der Waals surface area contributed by atoms with Gasteiger partial charge in [-0.1, -0.05) is 48.6 Å². The second-order valence-electron chi connectivity index (χ2n) is 7.41. The number of nitrogens with zero attached hydrogens (tertiary/aromatic N) is 5. The molecule has 0 saturated heterocycles. The summed E-state index contributed by atoms with van der Waals surface area (Å²) in [5.74, 6) is 0.832. The first-order chi connectivity index (χ1) is 16.0. The number of benzene rings is 1. The van der Waals surface area contributed by atoms with Crippen LogP contribution in [-0.2, 0) is 11.2 Å². The number of aryl methyl sites for hydroxylation is 1. The van der Waals surface area contributed by atoms with Crippen LogP contribution in [0.1, 0.15) is 61.7 Å². The highest BCUT2D eigenvalue weighted by atomic mass is 35.5. The van der Waals surface area contributed by atoms with E-state index in [0.29, 0.717) is 39.1 Å². The summed E-state index contributed by atoms with van der Waals surface area (Å²) in [5, 5.41) is 4.94. The highest BCUT2D eigenvalue weighted by Crippen LogP contribution is 2.35. The quantitative estimate of drug-likeness (QED) is 0.284. The van der Waals surface area contributed by atoms with Crippen molar-refractivity contribution in [1.82, 2.24) is 24.7 Å². The summed E-state index contributed by atoms with van der Waals surface area (Å²) < 4.78 is 12.7. The largest absolute Gasteiger partial charge is 0.461 e. The lowest BCUT2D eigenvalue weighted by Gasteiger charge is -2.18. The minimum atomic E-state index is -0.518. The monoisotopic (exact) mass is 487 g/mol. The molecular formula is C23H23Cl2N5O3. The van der Waals surface area contributed by atoms with Crippen molar-refractivity contribution in [3.8, 4) is 11.3 Å². The SMILES string of the molecule is CCCC(c1cc(C(=O)OCC)no1)n1c(CC)nc2c(-c3ccc(Cl)cc3Cl)ncnc21. The first-order valence-corrected chi connectivity index (χ1v) is 11.5. The van der Waals surface area contributed by atoms with Crippen molar-refractivity contribution in [3.05, 3.63) is 57.9 Å². The lowest BCUT2D eigenvalue weighted by atomic mass is 10.1. The Balaban J connectivity index is 1.87. The number of hydrogen-bond acceptors (Lipinski definition) is 7. The minimum Gasteiger partial charge on any atom is -0.461 e. The lowest BCUT2D eigenvalue weighted by Crippen LogP contribution is -2.14. The molecule has 4 aromatic rings. The molecule has 10 heteroatoms. The van der Waals surface area contributed by atoms with Crippen LogP contribution in [-0.4, -0.2) is 37.3 Å². The van der Waals surface area contributed by atoms with Gasteiger partial charge in [0.15, 0.2) is 17.1 Å². The van der Waals surface area contributed by atoms with Crippen molar-refractivity contribution in [2.24, 2.45) is 0 Å². The summed E-state index contributed by atoms with van der Waals surface area (Å²) >= 11 is 12.5. The van der Waals surface area contributed by atoms with Gasteiger partial charge in [-0.3, -0.25) is 0 Å². The molecule has 1 atom stereocenters. The molecule has 0 aliphatic carbocycles. The molecule has 1 aromatic carbocycles. The number of hydrogen-bond donors (Lipinski definition) is 0. The Morgan fingerprint density at radius 2 is 2.00 bits per heavy atom. The van der Waals surface area contributed by atoms with Gasteiger partial charge in [0.05, 0.1) is 17.7 Å². The van der Waals surface area contributed by atoms with E-state index >= 15 is 0 Å². The number of esters is 1. The van der Waals surface area contributed by atoms with Crippen LogP contribution in [0.5, 0.6) is 0 Å². The van der Waals surface area contributed by atoms with Crippen molar-refractivity contribution in [3.63, 3.8) is 0 Å². The summed E-state index contributed by atoms with van der Waals surface area (Å²) in [6.07, 6.45) is 3.75. The average molecular weight is 488 g/mol. The molecule has 0 N–H and O–H groups in total. The van der Waals surface area contributed by atoms with Gasteiger partial charge in [-0.15, -0.1) is 0 Å². The second kappa shape index (κ2) is 9.89. The number of carbonyl (C=O) groups is 1. The standard InChI is InChI=1S/C23H23Cl2N5O3/c1-4-7-17(18-11-16(29-33-18)23(31)32-6-3)30-19(5-2)28-21-20(26-12-27-22(21)30)14-9-8-13(24)10-15(14)25/h8-12,17H,4-7H2,1-3H3. The van der Waals surface area contributed by atoms with Crippen LogP contribution in [0.15, 0.2) is 35.1 Å². The maximum absolute atomic E-state index is 12.1. The summed E-state index contributed by atoms with van der Waals surface area (Å²) in [5.41, 5.74) is 2.76. The number of carbonyl (C=O) groups excluding carboxylic acids is 1. The third-order valence-electron chi connectivity index (χ3n) is 5.27. The number of ether oxygens (including phenoxy) is 1. The van der Waals surface area contributed by atoms with E-state index < -0.39 is 5.97 Å². The highest BCUT2D eigenvalue weighted by molar-refractivity contribution is 6.36. The molecule has 0 bridgehead atoms. The van der Waals surface area contributed by atoms with Gasteiger partial charge in [0.1, 0.15) is 23.4 Å². The molecular weight excluding hydrogens is 465 g/mol. The normalized spacial score (nSPS) is 12.3. The van der Waals surface area contributed by atoms with Gasteiger partial charge in [-0.25, -0.2) is 19.7 Å². The van der Waals surface area contributed by atoms with Gasteiger partial charge >= 0.3 is 5.97 Å². The first kappa shape index (κ1) is 23.2. The van der Waals surface area contributed by atoms with Crippen LogP contribution >= 0.6 is 23.2 Å². The molecule has 0 aliphatic heterocycles. The third-order valence-corrected chi connectivity index (χ3v) is 5.82. The Labute approximate surface area is 200 Å². The van der Waals surface area contributed by atoms with Crippen molar-refractivity contribution in [2.75, 3.05) is 6.61 Å². The van der Waals surface area contributed by atoms with E-state index in [2.05, 4.69) is 22.0 Å². The van der Waals surface area contributed by atoms with E-state index in [-0.39, 0.29) is 18.3 Å². The molecule has 0 fully saturated rings. The van der Waals surface area contributed by atoms with E-state index in [1.807, 2.05) is 17.6 Å². The first-order valence-electron chi connectivity index (χ1n) is 10.8. The highest BCUT2D eigenvalue weighted by Gasteiger charge is 2.27. The fraction of sp³-hybridized carbons (Fsp3) is 0.348.